The van der Waals surface area contributed by atoms with Gasteiger partial charge in [-0.2, -0.15) is 0 Å². The van der Waals surface area contributed by atoms with E-state index in [0.29, 0.717) is 11.3 Å². The van der Waals surface area contributed by atoms with Crippen molar-refractivity contribution in [3.63, 3.8) is 0 Å². The van der Waals surface area contributed by atoms with Gasteiger partial charge in [0.25, 0.3) is 5.91 Å². The molecule has 0 atom stereocenters. The highest BCUT2D eigenvalue weighted by molar-refractivity contribution is 6.06. The quantitative estimate of drug-likeness (QED) is 0.710. The maximum Gasteiger partial charge on any atom is 0.325 e. The summed E-state index contributed by atoms with van der Waals surface area (Å²) in [6, 6.07) is 7.74. The van der Waals surface area contributed by atoms with Gasteiger partial charge in [-0.25, -0.2) is 4.68 Å². The number of carboxylic acids is 1. The molecule has 2 N–H and O–H groups in total. The molecule has 2 heterocycles. The van der Waals surface area contributed by atoms with Gasteiger partial charge in [-0.1, -0.05) is 23.4 Å². The normalized spacial score (nSPS) is 10.9. The number of para-hydroxylation sites is 1. The van der Waals surface area contributed by atoms with Gasteiger partial charge in [-0.3, -0.25) is 9.59 Å². The Balaban J connectivity index is 1.74. The fourth-order valence-electron chi connectivity index (χ4n) is 2.59. The van der Waals surface area contributed by atoms with E-state index in [2.05, 4.69) is 15.6 Å². The molecule has 3 aromatic rings. The number of carbonyl (C=O) groups excluding carboxylic acids is 1. The van der Waals surface area contributed by atoms with E-state index in [4.69, 9.17) is 5.11 Å². The fraction of sp³-hybridized carbons (Fsp3) is 0.250. The van der Waals surface area contributed by atoms with E-state index in [0.717, 1.165) is 17.4 Å². The van der Waals surface area contributed by atoms with Gasteiger partial charge < -0.3 is 15.0 Å². The van der Waals surface area contributed by atoms with E-state index in [1.807, 2.05) is 42.0 Å². The number of aryl methyl sites for hydroxylation is 1. The zero-order valence-corrected chi connectivity index (χ0v) is 13.1. The molecule has 2 aromatic heterocycles. The number of aliphatic carboxylic acids is 1. The minimum atomic E-state index is -0.997. The summed E-state index contributed by atoms with van der Waals surface area (Å²) in [5, 5.41) is 20.0. The van der Waals surface area contributed by atoms with E-state index < -0.39 is 5.97 Å². The average molecular weight is 327 g/mol. The molecule has 0 aliphatic heterocycles. The molecule has 0 aliphatic rings. The molecule has 8 heteroatoms. The van der Waals surface area contributed by atoms with Crippen LogP contribution in [0, 0.1) is 0 Å². The Morgan fingerprint density at radius 3 is 2.79 bits per heavy atom. The van der Waals surface area contributed by atoms with Crippen LogP contribution in [0.25, 0.3) is 10.9 Å². The Bertz CT molecular complexity index is 896. The van der Waals surface area contributed by atoms with Gasteiger partial charge in [-0.15, -0.1) is 5.10 Å². The second kappa shape index (κ2) is 6.53. The second-order valence-electron chi connectivity index (χ2n) is 5.33. The lowest BCUT2D eigenvalue weighted by Gasteiger charge is -2.01. The molecule has 0 radical (unpaired) electrons. The van der Waals surface area contributed by atoms with Gasteiger partial charge in [0.1, 0.15) is 12.2 Å². The smallest absolute Gasteiger partial charge is 0.325 e. The van der Waals surface area contributed by atoms with Gasteiger partial charge in [0.05, 0.1) is 18.3 Å². The summed E-state index contributed by atoms with van der Waals surface area (Å²) in [6.07, 6.45) is 3.34. The minimum Gasteiger partial charge on any atom is -0.480 e. The molecule has 0 bridgehead atoms. The molecule has 1 aromatic carbocycles. The van der Waals surface area contributed by atoms with E-state index in [1.165, 1.54) is 10.9 Å². The number of carbonyl (C=O) groups is 2. The number of carboxylic acid groups (broad SMARTS) is 1. The van der Waals surface area contributed by atoms with Gasteiger partial charge in [0, 0.05) is 23.6 Å². The number of nitrogens with zero attached hydrogens (tertiary/aromatic N) is 4. The predicted molar refractivity (Wildman–Crippen MR) is 86.4 cm³/mol. The summed E-state index contributed by atoms with van der Waals surface area (Å²) in [7, 11) is 0. The molecule has 8 nitrogen and oxygen atoms in total. The summed E-state index contributed by atoms with van der Waals surface area (Å²) in [5.41, 5.74) is 2.12. The monoisotopic (exact) mass is 327 g/mol. The largest absolute Gasteiger partial charge is 0.480 e. The molecule has 0 unspecified atom stereocenters. The van der Waals surface area contributed by atoms with Crippen molar-refractivity contribution in [3.8, 4) is 0 Å². The first-order chi connectivity index (χ1) is 11.6. The van der Waals surface area contributed by atoms with Crippen LogP contribution in [0.1, 0.15) is 23.0 Å². The molecule has 1 amide bonds. The predicted octanol–water partition coefficient (Wildman–Crippen LogP) is 1.27. The first-order valence-corrected chi connectivity index (χ1v) is 7.55. The Morgan fingerprint density at radius 2 is 2.04 bits per heavy atom. The zero-order chi connectivity index (χ0) is 17.1. The molecule has 3 rings (SSSR count). The van der Waals surface area contributed by atoms with Gasteiger partial charge in [0.2, 0.25) is 0 Å². The Labute approximate surface area is 137 Å². The highest BCUT2D eigenvalue weighted by atomic mass is 16.4. The molecular formula is C16H17N5O3. The highest BCUT2D eigenvalue weighted by Gasteiger charge is 2.14. The standard InChI is InChI=1S/C16H17N5O3/c1-2-20-9-13(12-5-3-4-6-14(12)20)16(24)17-7-11-8-21(19-18-11)10-15(22)23/h3-6,8-9H,2,7,10H2,1H3,(H,17,24)(H,22,23). The van der Waals surface area contributed by atoms with E-state index in [1.54, 1.807) is 0 Å². The number of aromatic nitrogens is 4. The number of amides is 1. The zero-order valence-electron chi connectivity index (χ0n) is 13.1. The number of hydrogen-bond donors (Lipinski definition) is 2. The molecule has 24 heavy (non-hydrogen) atoms. The molecule has 0 saturated carbocycles. The first-order valence-electron chi connectivity index (χ1n) is 7.55. The third-order valence-electron chi connectivity index (χ3n) is 3.69. The van der Waals surface area contributed by atoms with Crippen LogP contribution in [-0.4, -0.2) is 36.5 Å². The first kappa shape index (κ1) is 15.7. The SMILES string of the molecule is CCn1cc(C(=O)NCc2cn(CC(=O)O)nn2)c2ccccc21. The van der Waals surface area contributed by atoms with Crippen LogP contribution in [0.5, 0.6) is 0 Å². The van der Waals surface area contributed by atoms with Crippen molar-refractivity contribution in [1.82, 2.24) is 24.9 Å². The molecular weight excluding hydrogens is 310 g/mol. The number of nitrogens with one attached hydrogen (secondary N) is 1. The molecule has 0 aliphatic carbocycles. The van der Waals surface area contributed by atoms with Gasteiger partial charge in [0.15, 0.2) is 0 Å². The van der Waals surface area contributed by atoms with Crippen molar-refractivity contribution >= 4 is 22.8 Å². The minimum absolute atomic E-state index is 0.185. The van der Waals surface area contributed by atoms with Crippen molar-refractivity contribution in [2.24, 2.45) is 0 Å². The Kier molecular flexibility index (Phi) is 4.28. The maximum absolute atomic E-state index is 12.5. The van der Waals surface area contributed by atoms with Crippen LogP contribution in [0.2, 0.25) is 0 Å². The third-order valence-corrected chi connectivity index (χ3v) is 3.69. The van der Waals surface area contributed by atoms with Crippen LogP contribution in [0.3, 0.4) is 0 Å². The van der Waals surface area contributed by atoms with Gasteiger partial charge >= 0.3 is 5.97 Å². The van der Waals surface area contributed by atoms with Crippen LogP contribution < -0.4 is 5.32 Å². The highest BCUT2D eigenvalue weighted by Crippen LogP contribution is 2.21. The topological polar surface area (TPSA) is 102 Å². The maximum atomic E-state index is 12.5. The van der Waals surface area contributed by atoms with Crippen LogP contribution in [0.4, 0.5) is 0 Å². The van der Waals surface area contributed by atoms with Crippen molar-refractivity contribution in [2.75, 3.05) is 0 Å². The van der Waals surface area contributed by atoms with Crippen molar-refractivity contribution < 1.29 is 14.7 Å². The summed E-state index contributed by atoms with van der Waals surface area (Å²) in [5.74, 6) is -1.20. The molecule has 0 saturated heterocycles. The van der Waals surface area contributed by atoms with Gasteiger partial charge in [-0.05, 0) is 13.0 Å². The molecule has 124 valence electrons. The van der Waals surface area contributed by atoms with Crippen LogP contribution >= 0.6 is 0 Å². The Morgan fingerprint density at radius 1 is 1.25 bits per heavy atom. The van der Waals surface area contributed by atoms with Crippen LogP contribution in [0.15, 0.2) is 36.7 Å². The summed E-state index contributed by atoms with van der Waals surface area (Å²) in [4.78, 5) is 23.1. The number of fused-ring (bicyclic) bond motifs is 1. The fourth-order valence-corrected chi connectivity index (χ4v) is 2.59. The average Bonchev–Trinajstić information content (AvgIpc) is 3.16. The molecule has 0 spiro atoms. The summed E-state index contributed by atoms with van der Waals surface area (Å²) < 4.78 is 3.24. The van der Waals surface area contributed by atoms with E-state index in [9.17, 15) is 9.59 Å². The third kappa shape index (κ3) is 3.12. The number of hydrogen-bond acceptors (Lipinski definition) is 4. The van der Waals surface area contributed by atoms with E-state index >= 15 is 0 Å². The number of benzene rings is 1. The lowest BCUT2D eigenvalue weighted by Crippen LogP contribution is -2.22. The Hall–Kier alpha value is -3.16. The summed E-state index contributed by atoms with van der Waals surface area (Å²) in [6.45, 7) is 2.72. The second-order valence-corrected chi connectivity index (χ2v) is 5.33. The van der Waals surface area contributed by atoms with Crippen molar-refractivity contribution in [3.05, 3.63) is 47.9 Å². The lowest BCUT2D eigenvalue weighted by molar-refractivity contribution is -0.137. The molecule has 0 fully saturated rings. The van der Waals surface area contributed by atoms with Crippen molar-refractivity contribution in [2.45, 2.75) is 26.6 Å². The van der Waals surface area contributed by atoms with E-state index in [-0.39, 0.29) is 19.0 Å². The summed E-state index contributed by atoms with van der Waals surface area (Å²) >= 11 is 0. The number of rotatable bonds is 6. The van der Waals surface area contributed by atoms with Crippen molar-refractivity contribution in [1.29, 1.82) is 0 Å². The van der Waals surface area contributed by atoms with Crippen LogP contribution in [-0.2, 0) is 24.4 Å². The lowest BCUT2D eigenvalue weighted by atomic mass is 10.1.